The zero-order valence-electron chi connectivity index (χ0n) is 17.7. The van der Waals surface area contributed by atoms with E-state index < -0.39 is 36.1 Å². The van der Waals surface area contributed by atoms with Crippen LogP contribution >= 0.6 is 11.6 Å². The zero-order valence-corrected chi connectivity index (χ0v) is 18.4. The summed E-state index contributed by atoms with van der Waals surface area (Å²) in [6, 6.07) is 8.64. The summed E-state index contributed by atoms with van der Waals surface area (Å²) in [5, 5.41) is 24.2. The summed E-state index contributed by atoms with van der Waals surface area (Å²) in [6.07, 6.45) is -1.14. The van der Waals surface area contributed by atoms with Crippen LogP contribution in [-0.2, 0) is 6.54 Å². The van der Waals surface area contributed by atoms with E-state index in [4.69, 9.17) is 16.7 Å². The third-order valence-electron chi connectivity index (χ3n) is 4.72. The van der Waals surface area contributed by atoms with Gasteiger partial charge < -0.3 is 25.7 Å². The van der Waals surface area contributed by atoms with Crippen LogP contribution in [0.5, 0.6) is 0 Å². The van der Waals surface area contributed by atoms with Crippen molar-refractivity contribution >= 4 is 29.5 Å². The third-order valence-corrected chi connectivity index (χ3v) is 4.98. The largest absolute Gasteiger partial charge is 0.465 e. The number of carbonyl (C=O) groups is 3. The summed E-state index contributed by atoms with van der Waals surface area (Å²) in [5.41, 5.74) is -0.171. The molecule has 0 aliphatic carbocycles. The number of nitrogens with one attached hydrogen (secondary N) is 2. The maximum atomic E-state index is 13.0. The predicted octanol–water partition coefficient (Wildman–Crippen LogP) is 1.32. The molecule has 0 bridgehead atoms. The van der Waals surface area contributed by atoms with Crippen LogP contribution in [0, 0.1) is 0 Å². The van der Waals surface area contributed by atoms with Gasteiger partial charge >= 0.3 is 6.09 Å². The van der Waals surface area contributed by atoms with E-state index in [9.17, 15) is 24.3 Å². The molecule has 3 amide bonds. The van der Waals surface area contributed by atoms with E-state index in [1.54, 1.807) is 24.3 Å². The summed E-state index contributed by atoms with van der Waals surface area (Å²) < 4.78 is 1.05. The van der Waals surface area contributed by atoms with Gasteiger partial charge in [-0.05, 0) is 36.8 Å². The van der Waals surface area contributed by atoms with E-state index in [1.165, 1.54) is 26.1 Å². The van der Waals surface area contributed by atoms with Gasteiger partial charge in [0.25, 0.3) is 17.4 Å². The average Bonchev–Trinajstić information content (AvgIpc) is 2.77. The number of hydrogen-bond acceptors (Lipinski definition) is 5. The van der Waals surface area contributed by atoms with Gasteiger partial charge in [-0.2, -0.15) is 0 Å². The lowest BCUT2D eigenvalue weighted by Crippen LogP contribution is -2.40. The number of benzene rings is 1. The highest BCUT2D eigenvalue weighted by molar-refractivity contribution is 6.30. The second-order valence-corrected chi connectivity index (χ2v) is 7.54. The molecule has 0 aliphatic rings. The fourth-order valence-electron chi connectivity index (χ4n) is 2.83. The lowest BCUT2D eigenvalue weighted by Gasteiger charge is -2.19. The second kappa shape index (κ2) is 11.3. The first kappa shape index (κ1) is 24.9. The third kappa shape index (κ3) is 6.32. The Morgan fingerprint density at radius 2 is 1.75 bits per heavy atom. The first-order valence-electron chi connectivity index (χ1n) is 9.77. The maximum Gasteiger partial charge on any atom is 0.407 e. The highest BCUT2D eigenvalue weighted by Gasteiger charge is 2.21. The Hall–Kier alpha value is -3.37. The van der Waals surface area contributed by atoms with Crippen molar-refractivity contribution in [1.82, 2.24) is 20.1 Å². The van der Waals surface area contributed by atoms with E-state index in [1.807, 2.05) is 0 Å². The number of aliphatic hydroxyl groups is 1. The smallest absolute Gasteiger partial charge is 0.407 e. The van der Waals surface area contributed by atoms with Crippen LogP contribution < -0.4 is 16.2 Å². The summed E-state index contributed by atoms with van der Waals surface area (Å²) in [4.78, 5) is 50.0. The van der Waals surface area contributed by atoms with Gasteiger partial charge in [0.15, 0.2) is 0 Å². The predicted molar refractivity (Wildman–Crippen MR) is 118 cm³/mol. The van der Waals surface area contributed by atoms with Crippen molar-refractivity contribution in [3.05, 3.63) is 68.6 Å². The lowest BCUT2D eigenvalue weighted by molar-refractivity contribution is 0.0921. The minimum absolute atomic E-state index is 0.0205. The molecule has 1 unspecified atom stereocenters. The van der Waals surface area contributed by atoms with Crippen LogP contribution in [-0.4, -0.2) is 64.3 Å². The number of aromatic nitrogens is 1. The van der Waals surface area contributed by atoms with Gasteiger partial charge in [0.1, 0.15) is 11.3 Å². The molecular weight excluding hydrogens is 440 g/mol. The number of nitrogens with zero attached hydrogens (tertiary/aromatic N) is 2. The number of carboxylic acid groups (broad SMARTS) is 1. The SMILES string of the molecule is CC(CO)n1c(C(=O)NCCN(C)C(=O)O)ccc(C(=O)NCc2ccc(Cl)cc2)c1=O. The van der Waals surface area contributed by atoms with Crippen molar-refractivity contribution in [3.8, 4) is 0 Å². The fourth-order valence-corrected chi connectivity index (χ4v) is 2.96. The number of rotatable bonds is 9. The van der Waals surface area contributed by atoms with E-state index in [0.717, 1.165) is 15.0 Å². The van der Waals surface area contributed by atoms with Crippen LogP contribution in [0.3, 0.4) is 0 Å². The number of halogens is 1. The maximum absolute atomic E-state index is 13.0. The van der Waals surface area contributed by atoms with Gasteiger partial charge in [0.2, 0.25) is 0 Å². The van der Waals surface area contributed by atoms with E-state index in [0.29, 0.717) is 5.02 Å². The van der Waals surface area contributed by atoms with Crippen molar-refractivity contribution in [2.45, 2.75) is 19.5 Å². The van der Waals surface area contributed by atoms with E-state index in [2.05, 4.69) is 10.6 Å². The number of hydrogen-bond donors (Lipinski definition) is 4. The molecule has 2 aromatic rings. The summed E-state index contributed by atoms with van der Waals surface area (Å²) >= 11 is 5.84. The molecular formula is C21H25ClN4O6. The normalized spacial score (nSPS) is 11.5. The lowest BCUT2D eigenvalue weighted by atomic mass is 10.1. The Labute approximate surface area is 189 Å². The molecule has 2 rings (SSSR count). The fraction of sp³-hybridized carbons (Fsp3) is 0.333. The minimum atomic E-state index is -1.14. The minimum Gasteiger partial charge on any atom is -0.465 e. The Kier molecular flexibility index (Phi) is 8.80. The van der Waals surface area contributed by atoms with Crippen LogP contribution in [0.25, 0.3) is 0 Å². The summed E-state index contributed by atoms with van der Waals surface area (Å²) in [7, 11) is 1.36. The molecule has 0 saturated carbocycles. The molecule has 0 radical (unpaired) electrons. The number of aliphatic hydroxyl groups excluding tert-OH is 1. The van der Waals surface area contributed by atoms with Crippen molar-refractivity contribution in [3.63, 3.8) is 0 Å². The molecule has 172 valence electrons. The molecule has 0 spiro atoms. The first-order valence-corrected chi connectivity index (χ1v) is 10.1. The molecule has 4 N–H and O–H groups in total. The quantitative estimate of drug-likeness (QED) is 0.441. The summed E-state index contributed by atoms with van der Waals surface area (Å²) in [6.45, 7) is 1.34. The summed E-state index contributed by atoms with van der Waals surface area (Å²) in [5.74, 6) is -1.26. The molecule has 1 aromatic carbocycles. The average molecular weight is 465 g/mol. The van der Waals surface area contributed by atoms with Crippen LogP contribution in [0.1, 0.15) is 39.4 Å². The molecule has 10 nitrogen and oxygen atoms in total. The van der Waals surface area contributed by atoms with Crippen molar-refractivity contribution in [2.75, 3.05) is 26.7 Å². The van der Waals surface area contributed by atoms with Crippen LogP contribution in [0.4, 0.5) is 4.79 Å². The Balaban J connectivity index is 2.21. The molecule has 1 heterocycles. The van der Waals surface area contributed by atoms with Gasteiger partial charge in [-0.1, -0.05) is 23.7 Å². The number of carbonyl (C=O) groups excluding carboxylic acids is 2. The molecule has 32 heavy (non-hydrogen) atoms. The topological polar surface area (TPSA) is 141 Å². The molecule has 0 saturated heterocycles. The highest BCUT2D eigenvalue weighted by atomic mass is 35.5. The van der Waals surface area contributed by atoms with Crippen molar-refractivity contribution in [2.24, 2.45) is 0 Å². The standard InChI is InChI=1S/C21H25ClN4O6/c1-13(12-27)26-17(19(29)23-9-10-25(2)21(31)32)8-7-16(20(26)30)18(28)24-11-14-3-5-15(22)6-4-14/h3-8,13,27H,9-12H2,1-2H3,(H,23,29)(H,24,28)(H,31,32). The van der Waals surface area contributed by atoms with Gasteiger partial charge in [0, 0.05) is 31.7 Å². The molecule has 0 fully saturated rings. The number of amides is 3. The van der Waals surface area contributed by atoms with Crippen molar-refractivity contribution < 1.29 is 24.6 Å². The van der Waals surface area contributed by atoms with Gasteiger partial charge in [-0.25, -0.2) is 4.79 Å². The van der Waals surface area contributed by atoms with Gasteiger partial charge in [-0.3, -0.25) is 19.0 Å². The van der Waals surface area contributed by atoms with E-state index in [-0.39, 0.29) is 30.9 Å². The van der Waals surface area contributed by atoms with Crippen LogP contribution in [0.2, 0.25) is 5.02 Å². The zero-order chi connectivity index (χ0) is 23.8. The molecule has 1 atom stereocenters. The molecule has 11 heteroatoms. The molecule has 0 aliphatic heterocycles. The Bertz CT molecular complexity index is 1040. The number of likely N-dealkylation sites (N-methyl/N-ethyl adjacent to an activating group) is 1. The Morgan fingerprint density at radius 1 is 1.09 bits per heavy atom. The Morgan fingerprint density at radius 3 is 2.34 bits per heavy atom. The van der Waals surface area contributed by atoms with Gasteiger partial charge in [-0.15, -0.1) is 0 Å². The van der Waals surface area contributed by atoms with E-state index >= 15 is 0 Å². The number of pyridine rings is 1. The van der Waals surface area contributed by atoms with Crippen LogP contribution in [0.15, 0.2) is 41.2 Å². The monoisotopic (exact) mass is 464 g/mol. The van der Waals surface area contributed by atoms with Crippen molar-refractivity contribution in [1.29, 1.82) is 0 Å². The van der Waals surface area contributed by atoms with Gasteiger partial charge in [0.05, 0.1) is 12.6 Å². The highest BCUT2D eigenvalue weighted by Crippen LogP contribution is 2.11. The second-order valence-electron chi connectivity index (χ2n) is 7.11. The molecule has 1 aromatic heterocycles. The first-order chi connectivity index (χ1) is 15.1.